The Morgan fingerprint density at radius 2 is 1.72 bits per heavy atom. The summed E-state index contributed by atoms with van der Waals surface area (Å²) in [5.74, 6) is -1.00. The summed E-state index contributed by atoms with van der Waals surface area (Å²) < 4.78 is 0. The number of pyridine rings is 1. The maximum Gasteiger partial charge on any atom is 0.336 e. The Hall–Kier alpha value is -2.62. The third-order valence-electron chi connectivity index (χ3n) is 2.98. The van der Waals surface area contributed by atoms with Crippen molar-refractivity contribution in [2.45, 2.75) is 0 Å². The lowest BCUT2D eigenvalue weighted by molar-refractivity contribution is 0.0699. The maximum absolute atomic E-state index is 11.9. The molecule has 0 bridgehead atoms. The first-order valence-electron chi connectivity index (χ1n) is 5.45. The minimum atomic E-state index is -1.00. The van der Waals surface area contributed by atoms with E-state index in [1.54, 1.807) is 36.4 Å². The van der Waals surface area contributed by atoms with E-state index in [9.17, 15) is 14.7 Å². The molecule has 3 rings (SSSR count). The molecule has 2 N–H and O–H groups in total. The van der Waals surface area contributed by atoms with Crippen LogP contribution in [0.1, 0.15) is 10.4 Å². The molecule has 0 saturated heterocycles. The zero-order valence-corrected chi connectivity index (χ0v) is 9.31. The van der Waals surface area contributed by atoms with Crippen LogP contribution in [0.25, 0.3) is 21.7 Å². The van der Waals surface area contributed by atoms with E-state index in [0.717, 1.165) is 0 Å². The van der Waals surface area contributed by atoms with Crippen LogP contribution in [-0.2, 0) is 0 Å². The highest BCUT2D eigenvalue weighted by Crippen LogP contribution is 2.24. The van der Waals surface area contributed by atoms with Gasteiger partial charge < -0.3 is 10.1 Å². The van der Waals surface area contributed by atoms with Crippen LogP contribution in [0.4, 0.5) is 0 Å². The van der Waals surface area contributed by atoms with Crippen molar-refractivity contribution in [2.75, 3.05) is 0 Å². The van der Waals surface area contributed by atoms with E-state index in [2.05, 4.69) is 4.98 Å². The molecule has 4 heteroatoms. The summed E-state index contributed by atoms with van der Waals surface area (Å²) in [6.07, 6.45) is 0. The minimum Gasteiger partial charge on any atom is -0.478 e. The van der Waals surface area contributed by atoms with E-state index in [1.165, 1.54) is 6.07 Å². The molecular weight excluding hydrogens is 230 g/mol. The number of aromatic nitrogens is 1. The first-order valence-corrected chi connectivity index (χ1v) is 5.45. The van der Waals surface area contributed by atoms with Crippen LogP contribution in [0, 0.1) is 0 Å². The maximum atomic E-state index is 11.9. The SMILES string of the molecule is O=C(O)c1cccc2[nH]c(=O)c3ccccc3c12. The molecule has 88 valence electrons. The molecule has 18 heavy (non-hydrogen) atoms. The van der Waals surface area contributed by atoms with Crippen LogP contribution < -0.4 is 5.56 Å². The van der Waals surface area contributed by atoms with Crippen molar-refractivity contribution in [1.29, 1.82) is 0 Å². The molecule has 0 amide bonds. The van der Waals surface area contributed by atoms with Gasteiger partial charge in [0.1, 0.15) is 0 Å². The lowest BCUT2D eigenvalue weighted by atomic mass is 10.0. The van der Waals surface area contributed by atoms with Crippen molar-refractivity contribution in [2.24, 2.45) is 0 Å². The average Bonchev–Trinajstić information content (AvgIpc) is 2.38. The van der Waals surface area contributed by atoms with Gasteiger partial charge in [-0.3, -0.25) is 4.79 Å². The highest BCUT2D eigenvalue weighted by atomic mass is 16.4. The monoisotopic (exact) mass is 239 g/mol. The van der Waals surface area contributed by atoms with Crippen LogP contribution in [0.5, 0.6) is 0 Å². The molecule has 3 aromatic rings. The first-order chi connectivity index (χ1) is 8.68. The molecule has 0 fully saturated rings. The summed E-state index contributed by atoms with van der Waals surface area (Å²) in [6, 6.07) is 11.9. The Bertz CT molecular complexity index is 833. The van der Waals surface area contributed by atoms with Crippen LogP contribution >= 0.6 is 0 Å². The summed E-state index contributed by atoms with van der Waals surface area (Å²) in [4.78, 5) is 25.8. The van der Waals surface area contributed by atoms with Gasteiger partial charge in [0.25, 0.3) is 5.56 Å². The molecule has 0 radical (unpaired) electrons. The average molecular weight is 239 g/mol. The van der Waals surface area contributed by atoms with Gasteiger partial charge in [0, 0.05) is 16.3 Å². The van der Waals surface area contributed by atoms with Crippen molar-refractivity contribution < 1.29 is 9.90 Å². The van der Waals surface area contributed by atoms with E-state index in [-0.39, 0.29) is 11.1 Å². The molecule has 0 aliphatic rings. The van der Waals surface area contributed by atoms with Gasteiger partial charge in [-0.1, -0.05) is 24.3 Å². The van der Waals surface area contributed by atoms with Crippen molar-refractivity contribution in [3.8, 4) is 0 Å². The van der Waals surface area contributed by atoms with Gasteiger partial charge in [0.05, 0.1) is 5.56 Å². The third kappa shape index (κ3) is 1.39. The van der Waals surface area contributed by atoms with Crippen LogP contribution in [0.3, 0.4) is 0 Å². The fourth-order valence-corrected chi connectivity index (χ4v) is 2.21. The van der Waals surface area contributed by atoms with Crippen LogP contribution in [0.2, 0.25) is 0 Å². The van der Waals surface area contributed by atoms with Crippen molar-refractivity contribution in [3.63, 3.8) is 0 Å². The molecule has 1 aromatic heterocycles. The largest absolute Gasteiger partial charge is 0.478 e. The molecule has 0 unspecified atom stereocenters. The Balaban J connectivity index is 2.67. The molecule has 2 aromatic carbocycles. The normalized spacial score (nSPS) is 10.9. The Morgan fingerprint density at radius 3 is 2.44 bits per heavy atom. The number of hydrogen-bond acceptors (Lipinski definition) is 2. The number of benzene rings is 2. The molecular formula is C14H9NO3. The second kappa shape index (κ2) is 3.70. The van der Waals surface area contributed by atoms with E-state index in [0.29, 0.717) is 21.7 Å². The van der Waals surface area contributed by atoms with E-state index in [1.807, 2.05) is 0 Å². The van der Waals surface area contributed by atoms with E-state index < -0.39 is 5.97 Å². The minimum absolute atomic E-state index is 0.194. The number of aromatic amines is 1. The molecule has 1 heterocycles. The van der Waals surface area contributed by atoms with Crippen molar-refractivity contribution in [3.05, 3.63) is 58.4 Å². The van der Waals surface area contributed by atoms with Gasteiger partial charge in [-0.2, -0.15) is 0 Å². The van der Waals surface area contributed by atoms with Crippen molar-refractivity contribution >= 4 is 27.6 Å². The zero-order chi connectivity index (χ0) is 12.7. The second-order valence-electron chi connectivity index (χ2n) is 4.03. The molecule has 0 saturated carbocycles. The van der Waals surface area contributed by atoms with Crippen LogP contribution in [-0.4, -0.2) is 16.1 Å². The number of rotatable bonds is 1. The summed E-state index contributed by atoms with van der Waals surface area (Å²) in [5, 5.41) is 10.9. The van der Waals surface area contributed by atoms with Crippen molar-refractivity contribution in [1.82, 2.24) is 4.98 Å². The van der Waals surface area contributed by atoms with Gasteiger partial charge in [-0.15, -0.1) is 0 Å². The number of fused-ring (bicyclic) bond motifs is 3. The van der Waals surface area contributed by atoms with Gasteiger partial charge in [-0.25, -0.2) is 4.79 Å². The second-order valence-corrected chi connectivity index (χ2v) is 4.03. The summed E-state index contributed by atoms with van der Waals surface area (Å²) >= 11 is 0. The summed E-state index contributed by atoms with van der Waals surface area (Å²) in [7, 11) is 0. The standard InChI is InChI=1S/C14H9NO3/c16-13-9-5-2-1-4-8(9)12-10(14(17)18)6-3-7-11(12)15-13/h1-7H,(H,15,16)(H,17,18). The molecule has 0 aliphatic carbocycles. The number of aromatic carboxylic acids is 1. The zero-order valence-electron chi connectivity index (χ0n) is 9.31. The lowest BCUT2D eigenvalue weighted by Gasteiger charge is -2.06. The fourth-order valence-electron chi connectivity index (χ4n) is 2.21. The topological polar surface area (TPSA) is 70.2 Å². The smallest absolute Gasteiger partial charge is 0.336 e. The predicted molar refractivity (Wildman–Crippen MR) is 69.0 cm³/mol. The Kier molecular flexibility index (Phi) is 2.16. The summed E-state index contributed by atoms with van der Waals surface area (Å²) in [6.45, 7) is 0. The quantitative estimate of drug-likeness (QED) is 0.640. The van der Waals surface area contributed by atoms with Gasteiger partial charge >= 0.3 is 5.97 Å². The summed E-state index contributed by atoms with van der Waals surface area (Å²) in [5.41, 5.74) is 0.527. The van der Waals surface area contributed by atoms with Crippen LogP contribution in [0.15, 0.2) is 47.3 Å². The molecule has 0 aliphatic heterocycles. The number of carbonyl (C=O) groups is 1. The van der Waals surface area contributed by atoms with E-state index in [4.69, 9.17) is 0 Å². The third-order valence-corrected chi connectivity index (χ3v) is 2.98. The molecule has 0 atom stereocenters. The predicted octanol–water partition coefficient (Wildman–Crippen LogP) is 2.38. The highest BCUT2D eigenvalue weighted by molar-refractivity contribution is 6.14. The lowest BCUT2D eigenvalue weighted by Crippen LogP contribution is -2.08. The Labute approximate surface area is 101 Å². The van der Waals surface area contributed by atoms with Gasteiger partial charge in [-0.05, 0) is 23.6 Å². The van der Waals surface area contributed by atoms with Gasteiger partial charge in [0.2, 0.25) is 0 Å². The number of carboxylic acid groups (broad SMARTS) is 1. The van der Waals surface area contributed by atoms with Gasteiger partial charge in [0.15, 0.2) is 0 Å². The number of hydrogen-bond donors (Lipinski definition) is 2. The molecule has 4 nitrogen and oxygen atoms in total. The van der Waals surface area contributed by atoms with E-state index >= 15 is 0 Å². The first kappa shape index (κ1) is 10.5. The number of H-pyrrole nitrogens is 1. The Morgan fingerprint density at radius 1 is 1.00 bits per heavy atom. The highest BCUT2D eigenvalue weighted by Gasteiger charge is 2.12. The number of nitrogens with one attached hydrogen (secondary N) is 1. The fraction of sp³-hybridized carbons (Fsp3) is 0. The molecule has 0 spiro atoms. The number of carboxylic acids is 1.